The molecule has 3 heteroatoms. The van der Waals surface area contributed by atoms with Crippen LogP contribution >= 0.6 is 15.9 Å². The maximum absolute atomic E-state index is 5.97. The van der Waals surface area contributed by atoms with Gasteiger partial charge in [0.05, 0.1) is 7.11 Å². The van der Waals surface area contributed by atoms with E-state index in [1.54, 1.807) is 7.11 Å². The molecule has 90 valence electrons. The molecular formula is C13H20BrNO. The van der Waals surface area contributed by atoms with Gasteiger partial charge in [-0.2, -0.15) is 0 Å². The van der Waals surface area contributed by atoms with Crippen LogP contribution in [0.1, 0.15) is 25.8 Å². The van der Waals surface area contributed by atoms with E-state index in [4.69, 9.17) is 10.5 Å². The highest BCUT2D eigenvalue weighted by Gasteiger charge is 2.14. The van der Waals surface area contributed by atoms with Crippen LogP contribution in [0, 0.1) is 5.92 Å². The average molecular weight is 286 g/mol. The first kappa shape index (κ1) is 13.5. The van der Waals surface area contributed by atoms with Crippen LogP contribution in [0.4, 0.5) is 0 Å². The fraction of sp³-hybridized carbons (Fsp3) is 0.538. The number of ether oxygens (including phenoxy) is 1. The molecule has 0 aliphatic rings. The summed E-state index contributed by atoms with van der Waals surface area (Å²) in [5, 5.41) is 0. The van der Waals surface area contributed by atoms with Crippen molar-refractivity contribution in [1.82, 2.24) is 0 Å². The van der Waals surface area contributed by atoms with E-state index in [9.17, 15) is 0 Å². The number of rotatable bonds is 5. The summed E-state index contributed by atoms with van der Waals surface area (Å²) in [6, 6.07) is 6.29. The third-order valence-electron chi connectivity index (χ3n) is 3.00. The van der Waals surface area contributed by atoms with Crippen molar-refractivity contribution in [1.29, 1.82) is 0 Å². The number of hydrogen-bond donors (Lipinski definition) is 1. The molecule has 0 bridgehead atoms. The van der Waals surface area contributed by atoms with Gasteiger partial charge in [0.25, 0.3) is 0 Å². The zero-order valence-electron chi connectivity index (χ0n) is 10.2. The van der Waals surface area contributed by atoms with Crippen molar-refractivity contribution in [3.63, 3.8) is 0 Å². The van der Waals surface area contributed by atoms with Crippen LogP contribution in [-0.2, 0) is 6.42 Å². The Hall–Kier alpha value is -0.540. The molecule has 0 spiro atoms. The van der Waals surface area contributed by atoms with Gasteiger partial charge in [-0.15, -0.1) is 0 Å². The zero-order valence-corrected chi connectivity index (χ0v) is 11.8. The first-order chi connectivity index (χ1) is 7.58. The van der Waals surface area contributed by atoms with E-state index in [1.165, 1.54) is 5.56 Å². The standard InChI is InChI=1S/C13H20BrNO/c1-4-10(9(2)15)7-11-8-12(16-3)5-6-13(11)14/h5-6,8-10H,4,7,15H2,1-3H3. The number of halogens is 1. The summed E-state index contributed by atoms with van der Waals surface area (Å²) in [5.74, 6) is 1.42. The second kappa shape index (κ2) is 6.26. The van der Waals surface area contributed by atoms with E-state index in [2.05, 4.69) is 35.8 Å². The third kappa shape index (κ3) is 3.49. The Morgan fingerprint density at radius 2 is 2.12 bits per heavy atom. The number of hydrogen-bond acceptors (Lipinski definition) is 2. The fourth-order valence-electron chi connectivity index (χ4n) is 1.82. The van der Waals surface area contributed by atoms with Crippen LogP contribution < -0.4 is 10.5 Å². The molecule has 0 radical (unpaired) electrons. The van der Waals surface area contributed by atoms with Crippen molar-refractivity contribution in [3.05, 3.63) is 28.2 Å². The minimum atomic E-state index is 0.225. The summed E-state index contributed by atoms with van der Waals surface area (Å²) in [7, 11) is 1.69. The summed E-state index contributed by atoms with van der Waals surface area (Å²) in [4.78, 5) is 0. The molecule has 16 heavy (non-hydrogen) atoms. The van der Waals surface area contributed by atoms with E-state index in [1.807, 2.05) is 12.1 Å². The van der Waals surface area contributed by atoms with Crippen molar-refractivity contribution in [3.8, 4) is 5.75 Å². The number of methoxy groups -OCH3 is 1. The summed E-state index contributed by atoms with van der Waals surface area (Å²) < 4.78 is 6.37. The maximum atomic E-state index is 5.97. The van der Waals surface area contributed by atoms with Gasteiger partial charge in [-0.25, -0.2) is 0 Å². The summed E-state index contributed by atoms with van der Waals surface area (Å²) in [5.41, 5.74) is 7.24. The third-order valence-corrected chi connectivity index (χ3v) is 3.78. The molecule has 0 saturated carbocycles. The van der Waals surface area contributed by atoms with Crippen LogP contribution in [0.3, 0.4) is 0 Å². The first-order valence-electron chi connectivity index (χ1n) is 5.66. The van der Waals surface area contributed by atoms with E-state index in [-0.39, 0.29) is 6.04 Å². The first-order valence-corrected chi connectivity index (χ1v) is 6.45. The lowest BCUT2D eigenvalue weighted by Crippen LogP contribution is -2.27. The minimum absolute atomic E-state index is 0.225. The van der Waals surface area contributed by atoms with Gasteiger partial charge in [-0.1, -0.05) is 29.3 Å². The molecule has 0 aliphatic heterocycles. The van der Waals surface area contributed by atoms with Crippen LogP contribution in [-0.4, -0.2) is 13.2 Å². The molecule has 1 aromatic carbocycles. The highest BCUT2D eigenvalue weighted by atomic mass is 79.9. The van der Waals surface area contributed by atoms with Crippen molar-refractivity contribution in [2.45, 2.75) is 32.7 Å². The topological polar surface area (TPSA) is 35.2 Å². The fourth-order valence-corrected chi connectivity index (χ4v) is 2.23. The van der Waals surface area contributed by atoms with Gasteiger partial charge in [-0.05, 0) is 43.0 Å². The van der Waals surface area contributed by atoms with Crippen LogP contribution in [0.15, 0.2) is 22.7 Å². The molecule has 1 aromatic rings. The van der Waals surface area contributed by atoms with Gasteiger partial charge < -0.3 is 10.5 Å². The number of benzene rings is 1. The van der Waals surface area contributed by atoms with Crippen molar-refractivity contribution in [2.24, 2.45) is 11.7 Å². The molecule has 0 aromatic heterocycles. The quantitative estimate of drug-likeness (QED) is 0.900. The molecule has 2 atom stereocenters. The minimum Gasteiger partial charge on any atom is -0.497 e. The zero-order chi connectivity index (χ0) is 12.1. The number of nitrogens with two attached hydrogens (primary N) is 1. The van der Waals surface area contributed by atoms with Gasteiger partial charge in [0.1, 0.15) is 5.75 Å². The lowest BCUT2D eigenvalue weighted by atomic mass is 9.91. The highest BCUT2D eigenvalue weighted by Crippen LogP contribution is 2.26. The van der Waals surface area contributed by atoms with Gasteiger partial charge in [-0.3, -0.25) is 0 Å². The SMILES string of the molecule is CCC(Cc1cc(OC)ccc1Br)C(C)N. The van der Waals surface area contributed by atoms with Crippen molar-refractivity contribution < 1.29 is 4.74 Å². The maximum Gasteiger partial charge on any atom is 0.119 e. The van der Waals surface area contributed by atoms with Gasteiger partial charge >= 0.3 is 0 Å². The molecule has 0 heterocycles. The average Bonchev–Trinajstić information content (AvgIpc) is 2.27. The van der Waals surface area contributed by atoms with E-state index in [0.29, 0.717) is 5.92 Å². The molecule has 1 rings (SSSR count). The Morgan fingerprint density at radius 3 is 2.62 bits per heavy atom. The molecule has 2 unspecified atom stereocenters. The second-order valence-corrected chi connectivity index (χ2v) is 5.04. The molecule has 0 aliphatic carbocycles. The Balaban J connectivity index is 2.86. The van der Waals surface area contributed by atoms with E-state index < -0.39 is 0 Å². The van der Waals surface area contributed by atoms with Gasteiger partial charge in [0.2, 0.25) is 0 Å². The predicted molar refractivity (Wildman–Crippen MR) is 71.8 cm³/mol. The summed E-state index contributed by atoms with van der Waals surface area (Å²) in [6.45, 7) is 4.25. The highest BCUT2D eigenvalue weighted by molar-refractivity contribution is 9.10. The van der Waals surface area contributed by atoms with Gasteiger partial charge in [0, 0.05) is 10.5 Å². The van der Waals surface area contributed by atoms with Gasteiger partial charge in [0.15, 0.2) is 0 Å². The Labute approximate surface area is 106 Å². The van der Waals surface area contributed by atoms with Crippen molar-refractivity contribution >= 4 is 15.9 Å². The molecule has 0 saturated heterocycles. The van der Waals surface area contributed by atoms with Crippen LogP contribution in [0.25, 0.3) is 0 Å². The second-order valence-electron chi connectivity index (χ2n) is 4.19. The molecule has 0 fully saturated rings. The molecule has 2 N–H and O–H groups in total. The monoisotopic (exact) mass is 285 g/mol. The van der Waals surface area contributed by atoms with Crippen LogP contribution in [0.5, 0.6) is 5.75 Å². The normalized spacial score (nSPS) is 14.6. The summed E-state index contributed by atoms with van der Waals surface area (Å²) >= 11 is 3.57. The summed E-state index contributed by atoms with van der Waals surface area (Å²) in [6.07, 6.45) is 2.09. The smallest absolute Gasteiger partial charge is 0.119 e. The Morgan fingerprint density at radius 1 is 1.44 bits per heavy atom. The van der Waals surface area contributed by atoms with E-state index in [0.717, 1.165) is 23.1 Å². The molecular weight excluding hydrogens is 266 g/mol. The lowest BCUT2D eigenvalue weighted by Gasteiger charge is -2.20. The van der Waals surface area contributed by atoms with Crippen LogP contribution in [0.2, 0.25) is 0 Å². The Kier molecular flexibility index (Phi) is 5.29. The Bertz CT molecular complexity index is 339. The molecule has 2 nitrogen and oxygen atoms in total. The van der Waals surface area contributed by atoms with E-state index >= 15 is 0 Å². The lowest BCUT2D eigenvalue weighted by molar-refractivity contribution is 0.409. The largest absolute Gasteiger partial charge is 0.497 e. The predicted octanol–water partition coefficient (Wildman–Crippen LogP) is 3.37. The van der Waals surface area contributed by atoms with Crippen molar-refractivity contribution in [2.75, 3.05) is 7.11 Å². The molecule has 0 amide bonds.